The van der Waals surface area contributed by atoms with Crippen LogP contribution in [0.25, 0.3) is 23.1 Å². The zero-order valence-electron chi connectivity index (χ0n) is 15.7. The van der Waals surface area contributed by atoms with Crippen molar-refractivity contribution in [3.8, 4) is 0 Å². The maximum atomic E-state index is 10.9. The quantitative estimate of drug-likeness (QED) is 0.397. The lowest BCUT2D eigenvalue weighted by atomic mass is 10.1. The lowest BCUT2D eigenvalue weighted by molar-refractivity contribution is -0.134. The molecule has 0 fully saturated rings. The molecule has 5 nitrogen and oxygen atoms in total. The van der Waals surface area contributed by atoms with Crippen LogP contribution in [-0.4, -0.2) is 38.6 Å². The van der Waals surface area contributed by atoms with Gasteiger partial charge in [-0.1, -0.05) is 48.0 Å². The van der Waals surface area contributed by atoms with Gasteiger partial charge < -0.3 is 10.2 Å². The molecule has 30 heavy (non-hydrogen) atoms. The molecule has 2 N–H and O–H groups in total. The maximum Gasteiger partial charge on any atom is 0.313 e. The fourth-order valence-electron chi connectivity index (χ4n) is 2.72. The molecular formula is C22H18ClNO4S2. The average Bonchev–Trinajstić information content (AvgIpc) is 2.71. The number of carboxylic acids is 2. The minimum Gasteiger partial charge on any atom is -0.481 e. The highest BCUT2D eigenvalue weighted by molar-refractivity contribution is 8.16. The van der Waals surface area contributed by atoms with Crippen LogP contribution in [0.1, 0.15) is 21.4 Å². The van der Waals surface area contributed by atoms with Crippen LogP contribution < -0.4 is 0 Å². The van der Waals surface area contributed by atoms with Gasteiger partial charge in [-0.2, -0.15) is 0 Å². The molecule has 2 aromatic carbocycles. The molecule has 0 aliphatic rings. The summed E-state index contributed by atoms with van der Waals surface area (Å²) in [6, 6.07) is 17.1. The Bertz CT molecular complexity index is 1090. The Hall–Kier alpha value is -2.48. The fraction of sp³-hybridized carbons (Fsp3) is 0.136. The molecule has 0 atom stereocenters. The summed E-state index contributed by atoms with van der Waals surface area (Å²) in [4.78, 5) is 26.5. The van der Waals surface area contributed by atoms with E-state index in [4.69, 9.17) is 21.8 Å². The number of halogens is 1. The standard InChI is InChI=1S/C22H18ClNO4S2/c23-17-7-5-15-6-9-18(24-19(15)11-17)8-4-14-2-1-3-16(10-14)22(29-12-20(25)26)30-13-21(27)28/h1-11,22H,12-13H2,(H,25,26)(H,27,28). The van der Waals surface area contributed by atoms with Crippen LogP contribution in [0.3, 0.4) is 0 Å². The third-order valence-corrected chi connectivity index (χ3v) is 7.05. The summed E-state index contributed by atoms with van der Waals surface area (Å²) >= 11 is 8.45. The number of thioether (sulfide) groups is 2. The van der Waals surface area contributed by atoms with Crippen molar-refractivity contribution < 1.29 is 19.8 Å². The third kappa shape index (κ3) is 6.52. The number of benzene rings is 2. The SMILES string of the molecule is O=C(O)CSC(SCC(=O)O)c1cccc(C=Cc2ccc3ccc(Cl)cc3n2)c1. The molecule has 3 aromatic rings. The van der Waals surface area contributed by atoms with Crippen molar-refractivity contribution in [3.63, 3.8) is 0 Å². The number of carboxylic acid groups (broad SMARTS) is 2. The number of carbonyl (C=O) groups is 2. The number of rotatable bonds is 9. The van der Waals surface area contributed by atoms with Gasteiger partial charge in [-0.25, -0.2) is 4.98 Å². The van der Waals surface area contributed by atoms with E-state index in [1.54, 1.807) is 0 Å². The van der Waals surface area contributed by atoms with E-state index in [1.165, 1.54) is 23.5 Å². The van der Waals surface area contributed by atoms with Crippen molar-refractivity contribution in [2.75, 3.05) is 11.5 Å². The van der Waals surface area contributed by atoms with Crippen molar-refractivity contribution in [2.45, 2.75) is 4.58 Å². The number of aliphatic carboxylic acids is 2. The van der Waals surface area contributed by atoms with Crippen LogP contribution in [0.4, 0.5) is 0 Å². The maximum absolute atomic E-state index is 10.9. The summed E-state index contributed by atoms with van der Waals surface area (Å²) in [7, 11) is 0. The molecule has 8 heteroatoms. The summed E-state index contributed by atoms with van der Waals surface area (Å²) in [5, 5.41) is 19.6. The second kappa shape index (κ2) is 10.5. The van der Waals surface area contributed by atoms with Crippen molar-refractivity contribution in [1.82, 2.24) is 4.98 Å². The average molecular weight is 460 g/mol. The molecule has 0 aliphatic carbocycles. The van der Waals surface area contributed by atoms with Gasteiger partial charge in [-0.3, -0.25) is 9.59 Å². The lowest BCUT2D eigenvalue weighted by Gasteiger charge is -2.15. The zero-order valence-corrected chi connectivity index (χ0v) is 18.1. The van der Waals surface area contributed by atoms with E-state index in [0.717, 1.165) is 27.7 Å². The molecule has 1 aromatic heterocycles. The molecule has 0 amide bonds. The Morgan fingerprint density at radius 3 is 2.37 bits per heavy atom. The Labute approximate surface area is 187 Å². The summed E-state index contributed by atoms with van der Waals surface area (Å²) in [5.41, 5.74) is 3.38. The summed E-state index contributed by atoms with van der Waals surface area (Å²) in [5.74, 6) is -2.05. The molecule has 0 bridgehead atoms. The third-order valence-electron chi connectivity index (χ3n) is 4.02. The Balaban J connectivity index is 1.80. The predicted molar refractivity (Wildman–Crippen MR) is 125 cm³/mol. The molecular weight excluding hydrogens is 442 g/mol. The van der Waals surface area contributed by atoms with Gasteiger partial charge in [0.05, 0.1) is 27.3 Å². The Morgan fingerprint density at radius 1 is 0.967 bits per heavy atom. The molecule has 0 unspecified atom stereocenters. The van der Waals surface area contributed by atoms with Gasteiger partial charge in [0.1, 0.15) is 0 Å². The first kappa shape index (κ1) is 22.2. The van der Waals surface area contributed by atoms with E-state index in [0.29, 0.717) is 5.02 Å². The number of pyridine rings is 1. The van der Waals surface area contributed by atoms with Crippen LogP contribution in [-0.2, 0) is 9.59 Å². The second-order valence-corrected chi connectivity index (χ2v) is 9.24. The molecule has 0 aliphatic heterocycles. The van der Waals surface area contributed by atoms with Gasteiger partial charge in [0, 0.05) is 10.4 Å². The summed E-state index contributed by atoms with van der Waals surface area (Å²) in [6.07, 6.45) is 3.81. The molecule has 0 radical (unpaired) electrons. The zero-order chi connectivity index (χ0) is 21.5. The highest BCUT2D eigenvalue weighted by Gasteiger charge is 2.16. The van der Waals surface area contributed by atoms with Crippen LogP contribution in [0.2, 0.25) is 5.02 Å². The van der Waals surface area contributed by atoms with Crippen molar-refractivity contribution in [3.05, 3.63) is 76.4 Å². The highest BCUT2D eigenvalue weighted by atomic mass is 35.5. The predicted octanol–water partition coefficient (Wildman–Crippen LogP) is 5.69. The van der Waals surface area contributed by atoms with E-state index >= 15 is 0 Å². The first-order chi connectivity index (χ1) is 14.4. The molecule has 3 rings (SSSR count). The number of aromatic nitrogens is 1. The summed E-state index contributed by atoms with van der Waals surface area (Å²) < 4.78 is -0.286. The number of hydrogen-bond acceptors (Lipinski definition) is 5. The van der Waals surface area contributed by atoms with E-state index in [1.807, 2.05) is 66.7 Å². The van der Waals surface area contributed by atoms with Crippen LogP contribution in [0.5, 0.6) is 0 Å². The van der Waals surface area contributed by atoms with Crippen molar-refractivity contribution >= 4 is 70.1 Å². The molecule has 0 spiro atoms. The van der Waals surface area contributed by atoms with Gasteiger partial charge >= 0.3 is 11.9 Å². The minimum absolute atomic E-state index is 0.0963. The van der Waals surface area contributed by atoms with E-state index in [2.05, 4.69) is 4.98 Å². The second-order valence-electron chi connectivity index (χ2n) is 6.32. The normalized spacial score (nSPS) is 11.4. The lowest BCUT2D eigenvalue weighted by Crippen LogP contribution is -2.04. The monoisotopic (exact) mass is 459 g/mol. The highest BCUT2D eigenvalue weighted by Crippen LogP contribution is 2.39. The van der Waals surface area contributed by atoms with Crippen LogP contribution >= 0.6 is 35.1 Å². The van der Waals surface area contributed by atoms with Crippen LogP contribution in [0, 0.1) is 0 Å². The van der Waals surface area contributed by atoms with Crippen molar-refractivity contribution in [2.24, 2.45) is 0 Å². The van der Waals surface area contributed by atoms with Gasteiger partial charge in [0.25, 0.3) is 0 Å². The smallest absolute Gasteiger partial charge is 0.313 e. The van der Waals surface area contributed by atoms with Gasteiger partial charge in [-0.15, -0.1) is 23.5 Å². The van der Waals surface area contributed by atoms with Gasteiger partial charge in [0.2, 0.25) is 0 Å². The summed E-state index contributed by atoms with van der Waals surface area (Å²) in [6.45, 7) is 0. The Kier molecular flexibility index (Phi) is 7.79. The first-order valence-corrected chi connectivity index (χ1v) is 11.4. The molecule has 0 saturated carbocycles. The number of nitrogens with zero attached hydrogens (tertiary/aromatic N) is 1. The molecule has 0 saturated heterocycles. The van der Waals surface area contributed by atoms with Gasteiger partial charge in [0.15, 0.2) is 0 Å². The molecule has 154 valence electrons. The van der Waals surface area contributed by atoms with Gasteiger partial charge in [-0.05, 0) is 41.5 Å². The van der Waals surface area contributed by atoms with Crippen LogP contribution in [0.15, 0.2) is 54.6 Å². The topological polar surface area (TPSA) is 87.5 Å². The van der Waals surface area contributed by atoms with E-state index in [9.17, 15) is 9.59 Å². The Morgan fingerprint density at radius 2 is 1.67 bits per heavy atom. The minimum atomic E-state index is -0.931. The molecule has 1 heterocycles. The fourth-order valence-corrected chi connectivity index (χ4v) is 4.95. The van der Waals surface area contributed by atoms with E-state index in [-0.39, 0.29) is 16.1 Å². The number of fused-ring (bicyclic) bond motifs is 1. The number of hydrogen-bond donors (Lipinski definition) is 2. The largest absolute Gasteiger partial charge is 0.481 e. The first-order valence-electron chi connectivity index (χ1n) is 8.92. The van der Waals surface area contributed by atoms with Crippen molar-refractivity contribution in [1.29, 1.82) is 0 Å². The van der Waals surface area contributed by atoms with E-state index < -0.39 is 11.9 Å².